The Labute approximate surface area is 158 Å². The number of aromatic nitrogens is 2. The van der Waals surface area contributed by atoms with Crippen molar-refractivity contribution >= 4 is 15.5 Å². The molecule has 1 N–H and O–H groups in total. The predicted molar refractivity (Wildman–Crippen MR) is 96.6 cm³/mol. The quantitative estimate of drug-likeness (QED) is 0.653. The number of hydrogen-bond donors (Lipinski definition) is 1. The highest BCUT2D eigenvalue weighted by Gasteiger charge is 2.35. The Balaban J connectivity index is 2.18. The Kier molecular flexibility index (Phi) is 4.92. The van der Waals surface area contributed by atoms with E-state index in [9.17, 15) is 26.0 Å². The summed E-state index contributed by atoms with van der Waals surface area (Å²) in [5, 5.41) is 2.63. The predicted octanol–water partition coefficient (Wildman–Crippen LogP) is 4.14. The molecule has 0 saturated heterocycles. The van der Waals surface area contributed by atoms with Gasteiger partial charge in [0.2, 0.25) is 0 Å². The van der Waals surface area contributed by atoms with Crippen LogP contribution in [-0.4, -0.2) is 31.3 Å². The van der Waals surface area contributed by atoms with Gasteiger partial charge in [0.05, 0.1) is 10.6 Å². The molecule has 0 aliphatic carbocycles. The van der Waals surface area contributed by atoms with Crippen molar-refractivity contribution in [2.75, 3.05) is 18.6 Å². The number of anilines is 1. The first-order valence-electron chi connectivity index (χ1n) is 7.95. The van der Waals surface area contributed by atoms with Crippen LogP contribution in [0.3, 0.4) is 0 Å². The lowest BCUT2D eigenvalue weighted by atomic mass is 10.1. The van der Waals surface area contributed by atoms with Crippen molar-refractivity contribution in [3.63, 3.8) is 0 Å². The third-order valence-electron chi connectivity index (χ3n) is 4.04. The number of nitrogens with zero attached hydrogens (tertiary/aromatic N) is 2. The summed E-state index contributed by atoms with van der Waals surface area (Å²) in [5.41, 5.74) is -0.564. The van der Waals surface area contributed by atoms with Crippen LogP contribution < -0.4 is 5.32 Å². The van der Waals surface area contributed by atoms with Crippen LogP contribution >= 0.6 is 0 Å². The Hall–Kier alpha value is -2.88. The highest BCUT2D eigenvalue weighted by atomic mass is 32.2. The van der Waals surface area contributed by atoms with Crippen molar-refractivity contribution in [2.24, 2.45) is 0 Å². The molecule has 0 aliphatic heterocycles. The fraction of sp³-hybridized carbons (Fsp3) is 0.167. The van der Waals surface area contributed by atoms with E-state index >= 15 is 0 Å². The molecule has 1 heterocycles. The fourth-order valence-electron chi connectivity index (χ4n) is 2.63. The molecule has 2 aromatic carbocycles. The molecule has 10 heteroatoms. The van der Waals surface area contributed by atoms with Crippen molar-refractivity contribution < 1.29 is 26.0 Å². The van der Waals surface area contributed by atoms with Gasteiger partial charge >= 0.3 is 6.18 Å². The van der Waals surface area contributed by atoms with E-state index in [2.05, 4.69) is 10.3 Å². The van der Waals surface area contributed by atoms with Crippen LogP contribution in [0.2, 0.25) is 0 Å². The molecule has 0 fully saturated rings. The second kappa shape index (κ2) is 6.93. The number of imidazole rings is 1. The van der Waals surface area contributed by atoms with Gasteiger partial charge in [-0.25, -0.2) is 17.8 Å². The summed E-state index contributed by atoms with van der Waals surface area (Å²) < 4.78 is 78.0. The maximum atomic E-state index is 14.1. The van der Waals surface area contributed by atoms with E-state index < -0.39 is 27.5 Å². The monoisotopic (exact) mass is 413 g/mol. The van der Waals surface area contributed by atoms with E-state index in [1.165, 1.54) is 43.4 Å². The minimum atomic E-state index is -4.70. The average molecular weight is 413 g/mol. The average Bonchev–Trinajstić information content (AvgIpc) is 3.07. The Bertz CT molecular complexity index is 1120. The molecule has 0 atom stereocenters. The lowest BCUT2D eigenvalue weighted by molar-refractivity contribution is -0.140. The first kappa shape index (κ1) is 19.9. The number of nitrogens with one attached hydrogen (secondary N) is 1. The summed E-state index contributed by atoms with van der Waals surface area (Å²) >= 11 is 0. The van der Waals surface area contributed by atoms with Gasteiger partial charge < -0.3 is 5.32 Å². The van der Waals surface area contributed by atoms with Gasteiger partial charge in [0.25, 0.3) is 0 Å². The van der Waals surface area contributed by atoms with E-state index in [1.807, 2.05) is 0 Å². The van der Waals surface area contributed by atoms with E-state index in [0.29, 0.717) is 0 Å². The Morgan fingerprint density at radius 3 is 2.21 bits per heavy atom. The fourth-order valence-corrected chi connectivity index (χ4v) is 3.26. The number of hydrogen-bond acceptors (Lipinski definition) is 4. The summed E-state index contributed by atoms with van der Waals surface area (Å²) in [6.45, 7) is 0. The third-order valence-corrected chi connectivity index (χ3v) is 5.16. The van der Waals surface area contributed by atoms with Crippen molar-refractivity contribution in [3.8, 4) is 17.1 Å². The number of rotatable bonds is 4. The zero-order valence-electron chi connectivity index (χ0n) is 14.7. The van der Waals surface area contributed by atoms with Crippen LogP contribution in [0.4, 0.5) is 23.2 Å². The van der Waals surface area contributed by atoms with Crippen molar-refractivity contribution in [2.45, 2.75) is 11.1 Å². The molecule has 3 rings (SSSR count). The molecule has 5 nitrogen and oxygen atoms in total. The summed E-state index contributed by atoms with van der Waals surface area (Å²) in [6, 6.07) is 9.21. The highest BCUT2D eigenvalue weighted by molar-refractivity contribution is 7.90. The molecule has 28 heavy (non-hydrogen) atoms. The van der Waals surface area contributed by atoms with Crippen LogP contribution in [0.15, 0.2) is 53.6 Å². The van der Waals surface area contributed by atoms with Crippen LogP contribution in [0.5, 0.6) is 0 Å². The summed E-state index contributed by atoms with van der Waals surface area (Å²) in [4.78, 5) is 3.65. The third kappa shape index (κ3) is 3.86. The highest BCUT2D eigenvalue weighted by Crippen LogP contribution is 2.33. The molecule has 0 saturated carbocycles. The first-order chi connectivity index (χ1) is 13.0. The van der Waals surface area contributed by atoms with Crippen molar-refractivity contribution in [1.29, 1.82) is 0 Å². The number of alkyl halides is 3. The molecular weight excluding hydrogens is 398 g/mol. The molecule has 0 unspecified atom stereocenters. The van der Waals surface area contributed by atoms with Crippen molar-refractivity contribution in [3.05, 3.63) is 60.2 Å². The second-order valence-corrected chi connectivity index (χ2v) is 8.04. The first-order valence-corrected chi connectivity index (χ1v) is 9.84. The number of halogens is 4. The minimum absolute atomic E-state index is 0.0263. The normalized spacial score (nSPS) is 12.2. The Morgan fingerprint density at radius 2 is 1.71 bits per heavy atom. The van der Waals surface area contributed by atoms with E-state index in [1.54, 1.807) is 0 Å². The number of benzene rings is 2. The lowest BCUT2D eigenvalue weighted by Gasteiger charge is -2.10. The van der Waals surface area contributed by atoms with Gasteiger partial charge in [-0.2, -0.15) is 13.2 Å². The summed E-state index contributed by atoms with van der Waals surface area (Å²) in [6.07, 6.45) is -2.89. The molecule has 0 radical (unpaired) electrons. The topological polar surface area (TPSA) is 64.0 Å². The van der Waals surface area contributed by atoms with Crippen LogP contribution in [0.25, 0.3) is 17.1 Å². The number of sulfone groups is 1. The second-order valence-electron chi connectivity index (χ2n) is 6.03. The van der Waals surface area contributed by atoms with Crippen LogP contribution in [0.1, 0.15) is 5.69 Å². The van der Waals surface area contributed by atoms with Gasteiger partial charge in [0, 0.05) is 30.8 Å². The molecular formula is C18H15F4N3O2S. The maximum absolute atomic E-state index is 14.1. The molecule has 3 aromatic rings. The standard InChI is InChI=1S/C18H15F4N3O2S/c1-23-15-8-3-11(9-14(15)19)17-24-16(18(20,21)22)10-25(17)12-4-6-13(7-5-12)28(2,26)27/h3-10,23H,1-2H3. The zero-order chi connectivity index (χ0) is 20.7. The van der Waals surface area contributed by atoms with Gasteiger partial charge in [0.15, 0.2) is 15.5 Å². The lowest BCUT2D eigenvalue weighted by Crippen LogP contribution is -2.05. The zero-order valence-corrected chi connectivity index (χ0v) is 15.6. The van der Waals surface area contributed by atoms with E-state index in [0.717, 1.165) is 23.1 Å². The van der Waals surface area contributed by atoms with Gasteiger partial charge in [0.1, 0.15) is 11.6 Å². The maximum Gasteiger partial charge on any atom is 0.434 e. The molecule has 0 bridgehead atoms. The van der Waals surface area contributed by atoms with Gasteiger partial charge in [-0.1, -0.05) is 0 Å². The van der Waals surface area contributed by atoms with Crippen LogP contribution in [-0.2, 0) is 16.0 Å². The van der Waals surface area contributed by atoms with E-state index in [4.69, 9.17) is 0 Å². The smallest absolute Gasteiger partial charge is 0.386 e. The van der Waals surface area contributed by atoms with Crippen LogP contribution in [0, 0.1) is 5.82 Å². The van der Waals surface area contributed by atoms with Gasteiger partial charge in [-0.3, -0.25) is 4.57 Å². The minimum Gasteiger partial charge on any atom is -0.386 e. The summed E-state index contributed by atoms with van der Waals surface area (Å²) in [5.74, 6) is -0.767. The van der Waals surface area contributed by atoms with Crippen molar-refractivity contribution in [1.82, 2.24) is 9.55 Å². The summed E-state index contributed by atoms with van der Waals surface area (Å²) in [7, 11) is -1.94. The van der Waals surface area contributed by atoms with Gasteiger partial charge in [-0.05, 0) is 42.5 Å². The Morgan fingerprint density at radius 1 is 1.07 bits per heavy atom. The SMILES string of the molecule is CNc1ccc(-c2nc(C(F)(F)F)cn2-c2ccc(S(C)(=O)=O)cc2)cc1F. The molecule has 0 amide bonds. The van der Waals surface area contributed by atoms with Gasteiger partial charge in [-0.15, -0.1) is 0 Å². The molecule has 1 aromatic heterocycles. The molecule has 0 spiro atoms. The van der Waals surface area contributed by atoms with E-state index in [-0.39, 0.29) is 27.7 Å². The molecule has 0 aliphatic rings. The molecule has 148 valence electrons. The largest absolute Gasteiger partial charge is 0.434 e.